The zero-order chi connectivity index (χ0) is 28.6. The van der Waals surface area contributed by atoms with Crippen LogP contribution in [0.25, 0.3) is 0 Å². The molecule has 0 saturated carbocycles. The van der Waals surface area contributed by atoms with Crippen molar-refractivity contribution in [3.63, 3.8) is 0 Å². The van der Waals surface area contributed by atoms with Gasteiger partial charge in [0.25, 0.3) is 5.91 Å². The first-order chi connectivity index (χ1) is 18.6. The lowest BCUT2D eigenvalue weighted by molar-refractivity contribution is -0.151. The molecule has 3 aliphatic heterocycles. The molecule has 0 aromatic heterocycles. The fourth-order valence-corrected chi connectivity index (χ4v) is 7.82. The zero-order valence-corrected chi connectivity index (χ0v) is 24.7. The molecule has 1 aromatic carbocycles. The molecule has 3 saturated heterocycles. The number of aliphatic carboxylic acids is 1. The molecule has 2 amide bonds. The number of carbonyl (C=O) groups is 3. The number of hydrogen-bond acceptors (Lipinski definition) is 6. The van der Waals surface area contributed by atoms with E-state index in [4.69, 9.17) is 4.74 Å². The van der Waals surface area contributed by atoms with Crippen LogP contribution in [0.15, 0.2) is 36.9 Å². The van der Waals surface area contributed by atoms with Crippen LogP contribution in [-0.2, 0) is 19.1 Å². The van der Waals surface area contributed by atoms with Gasteiger partial charge in [-0.25, -0.2) is 0 Å². The summed E-state index contributed by atoms with van der Waals surface area (Å²) < 4.78 is 6.40. The van der Waals surface area contributed by atoms with Gasteiger partial charge in [-0.15, -0.1) is 6.58 Å². The molecule has 39 heavy (non-hydrogen) atoms. The van der Waals surface area contributed by atoms with E-state index < -0.39 is 47.5 Å². The number of alkyl halides is 1. The second-order valence-electron chi connectivity index (χ2n) is 11.1. The van der Waals surface area contributed by atoms with Gasteiger partial charge in [-0.2, -0.15) is 0 Å². The van der Waals surface area contributed by atoms with E-state index in [1.54, 1.807) is 11.0 Å². The lowest BCUT2D eigenvalue weighted by atomic mass is 9.70. The number of amides is 2. The molecule has 10 heteroatoms. The van der Waals surface area contributed by atoms with Gasteiger partial charge in [-0.1, -0.05) is 35.9 Å². The van der Waals surface area contributed by atoms with Gasteiger partial charge in [0, 0.05) is 35.8 Å². The molecule has 3 aliphatic rings. The van der Waals surface area contributed by atoms with Crippen molar-refractivity contribution in [1.29, 1.82) is 0 Å². The van der Waals surface area contributed by atoms with Crippen LogP contribution in [-0.4, -0.2) is 87.8 Å². The molecule has 3 fully saturated rings. The maximum absolute atomic E-state index is 14.6. The minimum absolute atomic E-state index is 0.136. The quantitative estimate of drug-likeness (QED) is 0.278. The molecule has 2 N–H and O–H groups in total. The summed E-state index contributed by atoms with van der Waals surface area (Å²) in [6, 6.07) is 5.96. The summed E-state index contributed by atoms with van der Waals surface area (Å²) in [6.45, 7) is 13.5. The maximum atomic E-state index is 14.6. The largest absolute Gasteiger partial charge is 0.481 e. The number of likely N-dealkylation sites (tertiary alicyclic amines) is 1. The predicted octanol–water partition coefficient (Wildman–Crippen LogP) is 3.29. The Morgan fingerprint density at radius 1 is 1.23 bits per heavy atom. The SMILES string of the molecule is C=CCN(C(=O)[C@@H]1N([C@@H](CO)CC(C)C)C(=O)[C@H]2[C@H](C(=O)O)[C@H]3O[C@@]12CC3Br)c1ccc(N(CC)CC)cc1. The standard InChI is InChI=1S/C29H40BrN3O6/c1-6-13-32(19-11-9-18(10-12-19)31(7-2)8-3)27(36)25-29-15-21(30)24(39-29)22(28(37)38)23(29)26(35)33(25)20(16-34)14-17(4)5/h6,9-12,17,20-25,34H,1,7-8,13-16H2,2-5H3,(H,37,38)/t20-,21?,22+,23-,24+,25+,29-/m1/s1. The first-order valence-electron chi connectivity index (χ1n) is 13.8. The van der Waals surface area contributed by atoms with Crippen molar-refractivity contribution in [2.45, 2.75) is 69.2 Å². The fourth-order valence-electron chi connectivity index (χ4n) is 6.87. The third kappa shape index (κ3) is 4.89. The summed E-state index contributed by atoms with van der Waals surface area (Å²) in [5.41, 5.74) is 0.374. The van der Waals surface area contributed by atoms with Crippen molar-refractivity contribution in [2.75, 3.05) is 36.0 Å². The van der Waals surface area contributed by atoms with Crippen LogP contribution in [0.2, 0.25) is 0 Å². The monoisotopic (exact) mass is 605 g/mol. The number of halogens is 1. The molecule has 0 aliphatic carbocycles. The minimum atomic E-state index is -1.30. The second-order valence-corrected chi connectivity index (χ2v) is 12.3. The van der Waals surface area contributed by atoms with E-state index in [9.17, 15) is 24.6 Å². The van der Waals surface area contributed by atoms with Gasteiger partial charge >= 0.3 is 5.97 Å². The number of aliphatic hydroxyl groups excluding tert-OH is 1. The highest BCUT2D eigenvalue weighted by atomic mass is 79.9. The van der Waals surface area contributed by atoms with Gasteiger partial charge in [-0.05, 0) is 56.9 Å². The Kier molecular flexibility index (Phi) is 8.78. The summed E-state index contributed by atoms with van der Waals surface area (Å²) >= 11 is 3.58. The summed E-state index contributed by atoms with van der Waals surface area (Å²) in [7, 11) is 0. The third-order valence-electron chi connectivity index (χ3n) is 8.46. The van der Waals surface area contributed by atoms with Crippen molar-refractivity contribution < 1.29 is 29.3 Å². The van der Waals surface area contributed by atoms with Crippen LogP contribution in [0.5, 0.6) is 0 Å². The van der Waals surface area contributed by atoms with Crippen LogP contribution in [0.1, 0.15) is 40.5 Å². The van der Waals surface area contributed by atoms with Crippen molar-refractivity contribution in [2.24, 2.45) is 17.8 Å². The van der Waals surface area contributed by atoms with Crippen LogP contribution in [0.4, 0.5) is 11.4 Å². The van der Waals surface area contributed by atoms with E-state index in [1.165, 1.54) is 4.90 Å². The number of aliphatic hydroxyl groups is 1. The van der Waals surface area contributed by atoms with Gasteiger partial charge in [0.2, 0.25) is 5.91 Å². The Balaban J connectivity index is 1.80. The lowest BCUT2D eigenvalue weighted by Gasteiger charge is -2.39. The molecule has 2 bridgehead atoms. The number of carboxylic acids is 1. The number of rotatable bonds is 12. The van der Waals surface area contributed by atoms with Crippen molar-refractivity contribution >= 4 is 45.1 Å². The number of anilines is 2. The maximum Gasteiger partial charge on any atom is 0.310 e. The number of ether oxygens (including phenoxy) is 1. The highest BCUT2D eigenvalue weighted by Crippen LogP contribution is 2.60. The van der Waals surface area contributed by atoms with Crippen LogP contribution in [0.3, 0.4) is 0 Å². The van der Waals surface area contributed by atoms with E-state index in [2.05, 4.69) is 41.3 Å². The van der Waals surface area contributed by atoms with Crippen molar-refractivity contribution in [3.8, 4) is 0 Å². The lowest BCUT2D eigenvalue weighted by Crippen LogP contribution is -2.59. The first-order valence-corrected chi connectivity index (χ1v) is 14.7. The Bertz CT molecular complexity index is 1090. The normalized spacial score (nSPS) is 30.0. The van der Waals surface area contributed by atoms with Crippen molar-refractivity contribution in [1.82, 2.24) is 4.90 Å². The Hall–Kier alpha value is -2.43. The summed E-state index contributed by atoms with van der Waals surface area (Å²) in [5, 5.41) is 20.5. The molecule has 1 unspecified atom stereocenters. The highest BCUT2D eigenvalue weighted by Gasteiger charge is 2.77. The van der Waals surface area contributed by atoms with Gasteiger partial charge in [0.05, 0.1) is 30.6 Å². The van der Waals surface area contributed by atoms with Crippen LogP contribution in [0, 0.1) is 17.8 Å². The van der Waals surface area contributed by atoms with E-state index in [0.29, 0.717) is 18.5 Å². The molecular formula is C29H40BrN3O6. The summed E-state index contributed by atoms with van der Waals surface area (Å²) in [6.07, 6.45) is 1.71. The minimum Gasteiger partial charge on any atom is -0.481 e. The second kappa shape index (κ2) is 11.6. The molecule has 4 rings (SSSR count). The van der Waals surface area contributed by atoms with Crippen molar-refractivity contribution in [3.05, 3.63) is 36.9 Å². The number of nitrogens with zero attached hydrogens (tertiary/aromatic N) is 3. The third-order valence-corrected chi connectivity index (χ3v) is 9.31. The average Bonchev–Trinajstić information content (AvgIpc) is 3.50. The van der Waals surface area contributed by atoms with E-state index >= 15 is 0 Å². The Morgan fingerprint density at radius 3 is 2.36 bits per heavy atom. The molecule has 0 radical (unpaired) electrons. The van der Waals surface area contributed by atoms with Gasteiger partial charge in [-0.3, -0.25) is 14.4 Å². The highest BCUT2D eigenvalue weighted by molar-refractivity contribution is 9.09. The van der Waals surface area contributed by atoms with Gasteiger partial charge < -0.3 is 29.6 Å². The first kappa shape index (κ1) is 29.6. The van der Waals surface area contributed by atoms with Gasteiger partial charge in [0.15, 0.2) is 0 Å². The average molecular weight is 607 g/mol. The van der Waals surface area contributed by atoms with E-state index in [1.807, 2.05) is 38.1 Å². The molecule has 9 nitrogen and oxygen atoms in total. The summed E-state index contributed by atoms with van der Waals surface area (Å²) in [5.74, 6) is -3.85. The number of carbonyl (C=O) groups excluding carboxylic acids is 2. The van der Waals surface area contributed by atoms with E-state index in [-0.39, 0.29) is 29.8 Å². The fraction of sp³-hybridized carbons (Fsp3) is 0.621. The van der Waals surface area contributed by atoms with Crippen LogP contribution >= 0.6 is 15.9 Å². The molecule has 7 atom stereocenters. The topological polar surface area (TPSA) is 111 Å². The molecular weight excluding hydrogens is 566 g/mol. The predicted molar refractivity (Wildman–Crippen MR) is 153 cm³/mol. The number of fused-ring (bicyclic) bond motifs is 1. The number of hydrogen-bond donors (Lipinski definition) is 2. The summed E-state index contributed by atoms with van der Waals surface area (Å²) in [4.78, 5) is 45.9. The van der Waals surface area contributed by atoms with E-state index in [0.717, 1.165) is 18.8 Å². The van der Waals surface area contributed by atoms with Crippen LogP contribution < -0.4 is 9.80 Å². The smallest absolute Gasteiger partial charge is 0.310 e. The molecule has 1 aromatic rings. The Morgan fingerprint density at radius 2 is 1.85 bits per heavy atom. The molecule has 214 valence electrons. The zero-order valence-electron chi connectivity index (χ0n) is 23.1. The molecule has 1 spiro atoms. The molecule has 3 heterocycles. The number of carboxylic acid groups (broad SMARTS) is 1. The van der Waals surface area contributed by atoms with Gasteiger partial charge in [0.1, 0.15) is 11.6 Å². The number of benzene rings is 1. The Labute approximate surface area is 238 Å².